The topological polar surface area (TPSA) is 92.9 Å². The minimum atomic E-state index is -3.95. The Labute approximate surface area is 168 Å². The van der Waals surface area contributed by atoms with Gasteiger partial charge in [-0.15, -0.1) is 0 Å². The summed E-state index contributed by atoms with van der Waals surface area (Å²) in [6.45, 7) is 4.18. The monoisotopic (exact) mass is 406 g/mol. The van der Waals surface area contributed by atoms with Crippen LogP contribution in [0.2, 0.25) is 0 Å². The summed E-state index contributed by atoms with van der Waals surface area (Å²) in [5.74, 6) is 0.587. The Balaban J connectivity index is 2.50. The van der Waals surface area contributed by atoms with Crippen LogP contribution in [-0.4, -0.2) is 43.8 Å². The van der Waals surface area contributed by atoms with Crippen molar-refractivity contribution in [1.82, 2.24) is 4.31 Å². The SMILES string of the molecule is COc1ccc(S(=O)(=O)N(CC(C)C)C(O)(CCN)Cc2ccccc2)cc1. The number of aliphatic hydroxyl groups is 1. The molecule has 3 N–H and O–H groups in total. The molecule has 0 heterocycles. The van der Waals surface area contributed by atoms with E-state index >= 15 is 0 Å². The van der Waals surface area contributed by atoms with Crippen molar-refractivity contribution in [3.8, 4) is 5.75 Å². The van der Waals surface area contributed by atoms with Gasteiger partial charge in [0.1, 0.15) is 11.5 Å². The molecule has 0 aliphatic carbocycles. The van der Waals surface area contributed by atoms with Gasteiger partial charge in [0.25, 0.3) is 0 Å². The predicted octanol–water partition coefficient (Wildman–Crippen LogP) is 2.62. The predicted molar refractivity (Wildman–Crippen MR) is 110 cm³/mol. The Morgan fingerprint density at radius 3 is 2.21 bits per heavy atom. The number of sulfonamides is 1. The molecule has 6 nitrogen and oxygen atoms in total. The lowest BCUT2D eigenvalue weighted by molar-refractivity contribution is -0.0691. The fraction of sp³-hybridized carbons (Fsp3) is 0.429. The fourth-order valence-electron chi connectivity index (χ4n) is 3.15. The molecule has 0 spiro atoms. The molecule has 0 fully saturated rings. The zero-order valence-electron chi connectivity index (χ0n) is 16.7. The van der Waals surface area contributed by atoms with E-state index in [1.54, 1.807) is 12.1 Å². The standard InChI is InChI=1S/C21H30N2O4S/c1-17(2)16-23(28(25,26)20-11-9-19(27-3)10-12-20)21(24,13-14-22)15-18-7-5-4-6-8-18/h4-12,17,24H,13-16,22H2,1-3H3. The van der Waals surface area contributed by atoms with Crippen LogP contribution in [0.1, 0.15) is 25.8 Å². The maximum atomic E-state index is 13.5. The van der Waals surface area contributed by atoms with Crippen LogP contribution < -0.4 is 10.5 Å². The minimum absolute atomic E-state index is 0.0214. The van der Waals surface area contributed by atoms with Gasteiger partial charge in [-0.25, -0.2) is 8.42 Å². The third kappa shape index (κ3) is 5.32. The summed E-state index contributed by atoms with van der Waals surface area (Å²) in [4.78, 5) is 0.109. The van der Waals surface area contributed by atoms with Crippen molar-refractivity contribution in [1.29, 1.82) is 0 Å². The van der Waals surface area contributed by atoms with Gasteiger partial charge in [0.2, 0.25) is 10.0 Å². The number of hydrogen-bond acceptors (Lipinski definition) is 5. The second-order valence-electron chi connectivity index (χ2n) is 7.29. The Hall–Kier alpha value is -1.93. The number of ether oxygens (including phenoxy) is 1. The van der Waals surface area contributed by atoms with Gasteiger partial charge in [-0.3, -0.25) is 0 Å². The first-order chi connectivity index (χ1) is 13.2. The molecule has 28 heavy (non-hydrogen) atoms. The number of methoxy groups -OCH3 is 1. The molecule has 0 saturated carbocycles. The first-order valence-electron chi connectivity index (χ1n) is 9.36. The summed E-state index contributed by atoms with van der Waals surface area (Å²) in [6.07, 6.45) is 0.289. The highest BCUT2D eigenvalue weighted by Crippen LogP contribution is 2.30. The van der Waals surface area contributed by atoms with Gasteiger partial charge in [0, 0.05) is 19.4 Å². The molecule has 0 amide bonds. The van der Waals surface area contributed by atoms with E-state index in [0.717, 1.165) is 5.56 Å². The van der Waals surface area contributed by atoms with E-state index in [2.05, 4.69) is 0 Å². The maximum absolute atomic E-state index is 13.5. The van der Waals surface area contributed by atoms with Gasteiger partial charge >= 0.3 is 0 Å². The molecule has 2 aromatic rings. The van der Waals surface area contributed by atoms with Crippen molar-refractivity contribution in [3.05, 3.63) is 60.2 Å². The fourth-order valence-corrected chi connectivity index (χ4v) is 4.99. The molecular weight excluding hydrogens is 376 g/mol. The largest absolute Gasteiger partial charge is 0.497 e. The summed E-state index contributed by atoms with van der Waals surface area (Å²) in [6, 6.07) is 15.5. The van der Waals surface area contributed by atoms with E-state index < -0.39 is 15.7 Å². The van der Waals surface area contributed by atoms with Crippen molar-refractivity contribution in [2.24, 2.45) is 11.7 Å². The minimum Gasteiger partial charge on any atom is -0.497 e. The lowest BCUT2D eigenvalue weighted by atomic mass is 9.98. The van der Waals surface area contributed by atoms with E-state index in [0.29, 0.717) is 5.75 Å². The quantitative estimate of drug-likeness (QED) is 0.592. The van der Waals surface area contributed by atoms with Gasteiger partial charge in [0.05, 0.1) is 12.0 Å². The molecule has 2 aromatic carbocycles. The normalized spacial score (nSPS) is 14.2. The molecule has 154 valence electrons. The third-order valence-corrected chi connectivity index (χ3v) is 6.45. The van der Waals surface area contributed by atoms with Gasteiger partial charge in [-0.2, -0.15) is 4.31 Å². The Kier molecular flexibility index (Phi) is 7.60. The lowest BCUT2D eigenvalue weighted by Gasteiger charge is -2.40. The molecule has 0 aliphatic heterocycles. The molecule has 1 atom stereocenters. The van der Waals surface area contributed by atoms with Crippen molar-refractivity contribution < 1.29 is 18.3 Å². The second kappa shape index (κ2) is 9.52. The zero-order valence-corrected chi connectivity index (χ0v) is 17.5. The molecule has 7 heteroatoms. The second-order valence-corrected chi connectivity index (χ2v) is 9.15. The van der Waals surface area contributed by atoms with Crippen LogP contribution in [0.25, 0.3) is 0 Å². The highest BCUT2D eigenvalue weighted by Gasteiger charge is 2.42. The number of nitrogens with zero attached hydrogens (tertiary/aromatic N) is 1. The van der Waals surface area contributed by atoms with E-state index in [1.807, 2.05) is 44.2 Å². The van der Waals surface area contributed by atoms with Crippen LogP contribution in [0.5, 0.6) is 5.75 Å². The maximum Gasteiger partial charge on any atom is 0.245 e. The molecule has 0 aromatic heterocycles. The van der Waals surface area contributed by atoms with Crippen molar-refractivity contribution >= 4 is 10.0 Å². The smallest absolute Gasteiger partial charge is 0.245 e. The summed E-state index contributed by atoms with van der Waals surface area (Å²) < 4.78 is 33.2. The number of hydrogen-bond donors (Lipinski definition) is 2. The van der Waals surface area contributed by atoms with Gasteiger partial charge in [-0.1, -0.05) is 44.2 Å². The van der Waals surface area contributed by atoms with Crippen LogP contribution >= 0.6 is 0 Å². The van der Waals surface area contributed by atoms with Crippen LogP contribution in [0, 0.1) is 5.92 Å². The average molecular weight is 407 g/mol. The van der Waals surface area contributed by atoms with Crippen LogP contribution in [0.15, 0.2) is 59.5 Å². The summed E-state index contributed by atoms with van der Waals surface area (Å²) in [5, 5.41) is 11.5. The molecule has 0 aliphatic rings. The van der Waals surface area contributed by atoms with Crippen LogP contribution in [0.3, 0.4) is 0 Å². The van der Waals surface area contributed by atoms with Crippen molar-refractivity contribution in [2.45, 2.75) is 37.3 Å². The average Bonchev–Trinajstić information content (AvgIpc) is 2.67. The number of nitrogens with two attached hydrogens (primary N) is 1. The van der Waals surface area contributed by atoms with Crippen LogP contribution in [-0.2, 0) is 16.4 Å². The first-order valence-corrected chi connectivity index (χ1v) is 10.8. The molecule has 0 bridgehead atoms. The summed E-state index contributed by atoms with van der Waals surface area (Å²) >= 11 is 0. The molecular formula is C21H30N2O4S. The molecule has 1 unspecified atom stereocenters. The van der Waals surface area contributed by atoms with E-state index in [4.69, 9.17) is 10.5 Å². The summed E-state index contributed by atoms with van der Waals surface area (Å²) in [7, 11) is -2.43. The third-order valence-electron chi connectivity index (χ3n) is 4.52. The molecule has 0 saturated heterocycles. The van der Waals surface area contributed by atoms with E-state index in [9.17, 15) is 13.5 Å². The molecule has 2 rings (SSSR count). The highest BCUT2D eigenvalue weighted by molar-refractivity contribution is 7.89. The zero-order chi connectivity index (χ0) is 20.8. The Morgan fingerprint density at radius 1 is 1.11 bits per heavy atom. The van der Waals surface area contributed by atoms with E-state index in [-0.39, 0.29) is 36.7 Å². The van der Waals surface area contributed by atoms with Gasteiger partial charge < -0.3 is 15.6 Å². The van der Waals surface area contributed by atoms with Gasteiger partial charge in [-0.05, 0) is 42.3 Å². The highest BCUT2D eigenvalue weighted by atomic mass is 32.2. The van der Waals surface area contributed by atoms with Gasteiger partial charge in [0.15, 0.2) is 0 Å². The van der Waals surface area contributed by atoms with Crippen molar-refractivity contribution in [2.75, 3.05) is 20.2 Å². The van der Waals surface area contributed by atoms with Crippen molar-refractivity contribution in [3.63, 3.8) is 0 Å². The Morgan fingerprint density at radius 2 is 1.71 bits per heavy atom. The number of rotatable bonds is 10. The summed E-state index contributed by atoms with van der Waals surface area (Å²) in [5.41, 5.74) is 4.98. The lowest BCUT2D eigenvalue weighted by Crippen LogP contribution is -2.55. The first kappa shape index (κ1) is 22.4. The molecule has 0 radical (unpaired) electrons. The van der Waals surface area contributed by atoms with E-state index in [1.165, 1.54) is 23.5 Å². The number of benzene rings is 2. The Bertz CT molecular complexity index is 838. The van der Waals surface area contributed by atoms with Crippen LogP contribution in [0.4, 0.5) is 0 Å².